The van der Waals surface area contributed by atoms with E-state index in [0.29, 0.717) is 0 Å². The Morgan fingerprint density at radius 3 is 2.50 bits per heavy atom. The summed E-state index contributed by atoms with van der Waals surface area (Å²) in [4.78, 5) is 5.07. The van der Waals surface area contributed by atoms with Gasteiger partial charge in [0.15, 0.2) is 0 Å². The predicted molar refractivity (Wildman–Crippen MR) is 102 cm³/mol. The Labute approximate surface area is 139 Å². The van der Waals surface area contributed by atoms with Gasteiger partial charge in [0.25, 0.3) is 0 Å². The van der Waals surface area contributed by atoms with Gasteiger partial charge in [0.05, 0.1) is 11.0 Å². The quantitative estimate of drug-likeness (QED) is 0.260. The highest BCUT2D eigenvalue weighted by Crippen LogP contribution is 2.37. The summed E-state index contributed by atoms with van der Waals surface area (Å²) >= 11 is 0. The molecule has 4 aromatic carbocycles. The van der Waals surface area contributed by atoms with Gasteiger partial charge >= 0.3 is 0 Å². The smallest absolute Gasteiger partial charge is 0.0788 e. The van der Waals surface area contributed by atoms with E-state index in [9.17, 15) is 0 Å². The molecule has 0 unspecified atom stereocenters. The van der Waals surface area contributed by atoms with Crippen LogP contribution in [0.3, 0.4) is 0 Å². The first kappa shape index (κ1) is 12.5. The van der Waals surface area contributed by atoms with Crippen molar-refractivity contribution in [1.82, 2.24) is 4.98 Å². The molecule has 0 radical (unpaired) electrons. The molecule has 1 aromatic heterocycles. The Hall–Kier alpha value is -2.93. The maximum Gasteiger partial charge on any atom is 0.0788 e. The number of aryl methyl sites for hydroxylation is 2. The number of rotatable bonds is 0. The third kappa shape index (κ3) is 1.52. The van der Waals surface area contributed by atoms with Gasteiger partial charge in [0, 0.05) is 16.2 Å². The van der Waals surface area contributed by atoms with Gasteiger partial charge in [-0.1, -0.05) is 48.5 Å². The second-order valence-electron chi connectivity index (χ2n) is 6.79. The Morgan fingerprint density at radius 1 is 0.625 bits per heavy atom. The number of nitrogens with zero attached hydrogens (tertiary/aromatic N) is 1. The first-order chi connectivity index (χ1) is 11.9. The van der Waals surface area contributed by atoms with E-state index < -0.39 is 0 Å². The van der Waals surface area contributed by atoms with Crippen LogP contribution in [0.4, 0.5) is 0 Å². The van der Waals surface area contributed by atoms with Gasteiger partial charge in [0.1, 0.15) is 0 Å². The average Bonchev–Trinajstić information content (AvgIpc) is 3.05. The molecule has 112 valence electrons. The van der Waals surface area contributed by atoms with Crippen molar-refractivity contribution in [1.29, 1.82) is 0 Å². The summed E-state index contributed by atoms with van der Waals surface area (Å²) in [6.07, 6.45) is 2.31. The number of fused-ring (bicyclic) bond motifs is 5. The Bertz CT molecular complexity index is 1300. The zero-order chi connectivity index (χ0) is 15.7. The Morgan fingerprint density at radius 2 is 1.50 bits per heavy atom. The fourth-order valence-electron chi connectivity index (χ4n) is 4.38. The van der Waals surface area contributed by atoms with Crippen molar-refractivity contribution >= 4 is 43.4 Å². The van der Waals surface area contributed by atoms with Crippen molar-refractivity contribution < 1.29 is 0 Å². The largest absolute Gasteiger partial charge is 0.247 e. The first-order valence-electron chi connectivity index (χ1n) is 8.54. The summed E-state index contributed by atoms with van der Waals surface area (Å²) < 4.78 is 0. The van der Waals surface area contributed by atoms with E-state index in [-0.39, 0.29) is 0 Å². The topological polar surface area (TPSA) is 12.9 Å². The van der Waals surface area contributed by atoms with Crippen molar-refractivity contribution in [3.63, 3.8) is 0 Å². The van der Waals surface area contributed by atoms with Crippen LogP contribution < -0.4 is 0 Å². The fraction of sp³-hybridized carbons (Fsp3) is 0.0870. The molecular weight excluding hydrogens is 290 g/mol. The molecule has 1 aliphatic rings. The molecule has 0 spiro atoms. The van der Waals surface area contributed by atoms with Crippen LogP contribution in [0.25, 0.3) is 43.4 Å². The summed E-state index contributed by atoms with van der Waals surface area (Å²) in [6, 6.07) is 24.3. The number of aromatic nitrogens is 1. The summed E-state index contributed by atoms with van der Waals surface area (Å²) in [5.41, 5.74) is 5.18. The highest BCUT2D eigenvalue weighted by molar-refractivity contribution is 6.15. The van der Waals surface area contributed by atoms with Gasteiger partial charge in [-0.3, -0.25) is 0 Å². The third-order valence-corrected chi connectivity index (χ3v) is 5.47. The van der Waals surface area contributed by atoms with Crippen molar-refractivity contribution in [3.8, 4) is 0 Å². The Kier molecular flexibility index (Phi) is 2.25. The normalized spacial score (nSPS) is 13.5. The highest BCUT2D eigenvalue weighted by Gasteiger charge is 2.17. The summed E-state index contributed by atoms with van der Waals surface area (Å²) in [5.74, 6) is 0. The molecule has 1 heterocycles. The van der Waals surface area contributed by atoms with E-state index in [4.69, 9.17) is 4.98 Å². The molecule has 0 N–H and O–H groups in total. The van der Waals surface area contributed by atoms with Gasteiger partial charge in [-0.05, 0) is 58.3 Å². The zero-order valence-corrected chi connectivity index (χ0v) is 13.2. The molecule has 0 atom stereocenters. The van der Waals surface area contributed by atoms with Gasteiger partial charge in [0.2, 0.25) is 0 Å². The summed E-state index contributed by atoms with van der Waals surface area (Å²) in [7, 11) is 0. The van der Waals surface area contributed by atoms with Crippen LogP contribution >= 0.6 is 0 Å². The molecule has 0 saturated carbocycles. The van der Waals surface area contributed by atoms with Crippen LogP contribution in [0, 0.1) is 0 Å². The number of hydrogen-bond donors (Lipinski definition) is 0. The average molecular weight is 305 g/mol. The van der Waals surface area contributed by atoms with E-state index in [0.717, 1.165) is 23.9 Å². The Balaban J connectivity index is 1.86. The van der Waals surface area contributed by atoms with Gasteiger partial charge in [-0.15, -0.1) is 0 Å². The predicted octanol–water partition coefficient (Wildman–Crippen LogP) is 5.79. The number of pyridine rings is 1. The first-order valence-corrected chi connectivity index (χ1v) is 8.54. The van der Waals surface area contributed by atoms with Crippen LogP contribution in [-0.4, -0.2) is 4.98 Å². The minimum Gasteiger partial charge on any atom is -0.247 e. The van der Waals surface area contributed by atoms with Crippen LogP contribution in [0.15, 0.2) is 66.7 Å². The number of hydrogen-bond acceptors (Lipinski definition) is 1. The van der Waals surface area contributed by atoms with Crippen molar-refractivity contribution in [2.24, 2.45) is 0 Å². The molecule has 24 heavy (non-hydrogen) atoms. The summed E-state index contributed by atoms with van der Waals surface area (Å²) in [6.45, 7) is 0. The van der Waals surface area contributed by atoms with Gasteiger partial charge in [-0.2, -0.15) is 0 Å². The lowest BCUT2D eigenvalue weighted by molar-refractivity contribution is 1.03. The minimum atomic E-state index is 1.08. The molecule has 0 fully saturated rings. The van der Waals surface area contributed by atoms with Crippen molar-refractivity contribution in [2.75, 3.05) is 0 Å². The molecule has 1 aliphatic carbocycles. The zero-order valence-electron chi connectivity index (χ0n) is 13.2. The highest BCUT2D eigenvalue weighted by atomic mass is 14.7. The second kappa shape index (κ2) is 4.33. The molecule has 0 bridgehead atoms. The maximum atomic E-state index is 5.07. The van der Waals surface area contributed by atoms with Crippen LogP contribution in [0.2, 0.25) is 0 Å². The monoisotopic (exact) mass is 305 g/mol. The standard InChI is InChI=1S/C23H15N/c1-2-6-18-14(4-1)10-11-21-20(18)13-17-12-16-9-8-15-5-3-7-19(22(15)16)23(17)24-21/h1-7,10-13H,8-9H2. The second-order valence-corrected chi connectivity index (χ2v) is 6.79. The van der Waals surface area contributed by atoms with E-state index in [2.05, 4.69) is 66.7 Å². The minimum absolute atomic E-state index is 1.08. The van der Waals surface area contributed by atoms with Crippen LogP contribution in [0.5, 0.6) is 0 Å². The van der Waals surface area contributed by atoms with E-state index in [1.807, 2.05) is 0 Å². The maximum absolute atomic E-state index is 5.07. The molecule has 6 rings (SSSR count). The van der Waals surface area contributed by atoms with Gasteiger partial charge < -0.3 is 0 Å². The molecule has 5 aromatic rings. The summed E-state index contributed by atoms with van der Waals surface area (Å²) in [5, 5.41) is 7.83. The molecular formula is C23H15N. The molecule has 1 heteroatoms. The van der Waals surface area contributed by atoms with Gasteiger partial charge in [-0.25, -0.2) is 4.98 Å². The van der Waals surface area contributed by atoms with Crippen molar-refractivity contribution in [2.45, 2.75) is 12.8 Å². The lowest BCUT2D eigenvalue weighted by Gasteiger charge is -2.09. The molecule has 0 saturated heterocycles. The van der Waals surface area contributed by atoms with Crippen molar-refractivity contribution in [3.05, 3.63) is 77.9 Å². The van der Waals surface area contributed by atoms with Crippen LogP contribution in [0.1, 0.15) is 11.1 Å². The van der Waals surface area contributed by atoms with E-state index in [1.54, 1.807) is 0 Å². The fourth-order valence-corrected chi connectivity index (χ4v) is 4.38. The number of benzene rings is 4. The third-order valence-electron chi connectivity index (χ3n) is 5.47. The molecule has 1 nitrogen and oxygen atoms in total. The molecule has 0 aliphatic heterocycles. The molecule has 0 amide bonds. The lowest BCUT2D eigenvalue weighted by atomic mass is 9.98. The van der Waals surface area contributed by atoms with E-state index in [1.165, 1.54) is 43.4 Å². The SMILES string of the molecule is c1ccc2c(c1)ccc1nc3c(cc4c5c(cccc53)CC4)cc12. The van der Waals surface area contributed by atoms with Crippen LogP contribution in [-0.2, 0) is 12.8 Å². The van der Waals surface area contributed by atoms with E-state index >= 15 is 0 Å². The lowest BCUT2D eigenvalue weighted by Crippen LogP contribution is -1.88.